The molecule has 1 aromatic heterocycles. The van der Waals surface area contributed by atoms with Gasteiger partial charge in [-0.1, -0.05) is 60.7 Å². The van der Waals surface area contributed by atoms with Gasteiger partial charge in [0.05, 0.1) is 12.1 Å². The lowest BCUT2D eigenvalue weighted by molar-refractivity contribution is -0.120. The molecule has 1 amide bonds. The van der Waals surface area contributed by atoms with Crippen molar-refractivity contribution in [3.05, 3.63) is 113 Å². The van der Waals surface area contributed by atoms with Crippen LogP contribution in [0.3, 0.4) is 0 Å². The Morgan fingerprint density at radius 1 is 0.974 bits per heavy atom. The first-order valence-electron chi connectivity index (χ1n) is 12.3. The van der Waals surface area contributed by atoms with Gasteiger partial charge in [-0.3, -0.25) is 15.2 Å². The zero-order valence-corrected chi connectivity index (χ0v) is 21.4. The lowest BCUT2D eigenvalue weighted by Crippen LogP contribution is -2.30. The highest BCUT2D eigenvalue weighted by atomic mass is 16.5. The molecular weight excluding hydrogens is 478 g/mol. The molecular formula is C30H31N5O3. The van der Waals surface area contributed by atoms with E-state index >= 15 is 0 Å². The van der Waals surface area contributed by atoms with Crippen LogP contribution in [0.25, 0.3) is 11.1 Å². The normalized spacial score (nSPS) is 11.4. The lowest BCUT2D eigenvalue weighted by Gasteiger charge is -2.17. The van der Waals surface area contributed by atoms with Gasteiger partial charge in [0, 0.05) is 29.3 Å². The third-order valence-corrected chi connectivity index (χ3v) is 5.80. The first-order valence-corrected chi connectivity index (χ1v) is 12.3. The zero-order chi connectivity index (χ0) is 27.1. The molecule has 0 radical (unpaired) electrons. The quantitative estimate of drug-likeness (QED) is 0.149. The van der Waals surface area contributed by atoms with Crippen LogP contribution in [-0.2, 0) is 17.8 Å². The van der Waals surface area contributed by atoms with Crippen molar-refractivity contribution >= 4 is 11.7 Å². The molecule has 3 aromatic carbocycles. The predicted octanol–water partition coefficient (Wildman–Crippen LogP) is 4.64. The first-order chi connectivity index (χ1) is 18.3. The van der Waals surface area contributed by atoms with Crippen molar-refractivity contribution < 1.29 is 14.7 Å². The molecule has 0 bridgehead atoms. The Labute approximate surface area is 221 Å². The monoisotopic (exact) mass is 509 g/mol. The summed E-state index contributed by atoms with van der Waals surface area (Å²) in [6.45, 7) is 4.13. The number of amides is 1. The second kappa shape index (κ2) is 11.9. The third kappa shape index (κ3) is 6.47. The van der Waals surface area contributed by atoms with Gasteiger partial charge in [0.25, 0.3) is 0 Å². The van der Waals surface area contributed by atoms with Crippen LogP contribution >= 0.6 is 0 Å². The molecule has 0 unspecified atom stereocenters. The fourth-order valence-electron chi connectivity index (χ4n) is 3.97. The van der Waals surface area contributed by atoms with Crippen molar-refractivity contribution in [2.24, 2.45) is 10.7 Å². The van der Waals surface area contributed by atoms with Crippen molar-refractivity contribution in [2.75, 3.05) is 0 Å². The molecule has 0 saturated heterocycles. The number of benzene rings is 3. The van der Waals surface area contributed by atoms with E-state index in [0.717, 1.165) is 15.9 Å². The summed E-state index contributed by atoms with van der Waals surface area (Å²) >= 11 is 0. The molecule has 1 heterocycles. The minimum atomic E-state index is -0.271. The number of nitrogens with two attached hydrogens (primary N) is 1. The SMILES string of the molecule is CC(C)N=c1ccc(-c2ccccc2Oc2ccccc2)c(CC(=O)NCc2ccc(C(=N)N)cc2)n1O. The summed E-state index contributed by atoms with van der Waals surface area (Å²) in [5.74, 6) is 0.995. The molecule has 0 aliphatic rings. The number of hydrogen-bond acceptors (Lipinski definition) is 5. The van der Waals surface area contributed by atoms with E-state index in [9.17, 15) is 10.0 Å². The zero-order valence-electron chi connectivity index (χ0n) is 21.4. The number of nitrogen functional groups attached to an aromatic ring is 1. The Bertz CT molecular complexity index is 1490. The summed E-state index contributed by atoms with van der Waals surface area (Å²) in [6, 6.07) is 27.6. The number of amidine groups is 1. The van der Waals surface area contributed by atoms with E-state index in [1.165, 1.54) is 0 Å². The fourth-order valence-corrected chi connectivity index (χ4v) is 3.97. The molecule has 0 saturated carbocycles. The minimum Gasteiger partial charge on any atom is -0.457 e. The van der Waals surface area contributed by atoms with Crippen LogP contribution < -0.4 is 21.3 Å². The molecule has 8 nitrogen and oxygen atoms in total. The van der Waals surface area contributed by atoms with Crippen molar-refractivity contribution in [1.29, 1.82) is 5.41 Å². The van der Waals surface area contributed by atoms with Crippen molar-refractivity contribution in [1.82, 2.24) is 10.0 Å². The topological polar surface area (TPSA) is 126 Å². The summed E-state index contributed by atoms with van der Waals surface area (Å²) in [5, 5.41) is 21.6. The second-order valence-electron chi connectivity index (χ2n) is 9.06. The smallest absolute Gasteiger partial charge is 0.226 e. The maximum Gasteiger partial charge on any atom is 0.226 e. The molecule has 0 fully saturated rings. The van der Waals surface area contributed by atoms with Gasteiger partial charge in [0.1, 0.15) is 17.3 Å². The molecule has 38 heavy (non-hydrogen) atoms. The van der Waals surface area contributed by atoms with Crippen LogP contribution in [-0.4, -0.2) is 27.7 Å². The summed E-state index contributed by atoms with van der Waals surface area (Å²) in [6.07, 6.45) is -0.0848. The standard InChI is InChI=1S/C30H31N5O3/c1-20(2)34-28-17-16-24(25-10-6-7-11-27(25)38-23-8-4-3-5-9-23)26(35(28)37)18-29(36)33-19-21-12-14-22(15-13-21)30(31)32/h3-17,20,37H,18-19H2,1-2H3,(H3,31,32)(H,33,36). The number of para-hydroxylation sites is 2. The Balaban J connectivity index is 1.66. The average molecular weight is 510 g/mol. The molecule has 194 valence electrons. The van der Waals surface area contributed by atoms with E-state index in [2.05, 4.69) is 10.3 Å². The van der Waals surface area contributed by atoms with E-state index < -0.39 is 0 Å². The molecule has 0 aliphatic heterocycles. The van der Waals surface area contributed by atoms with E-state index in [4.69, 9.17) is 15.9 Å². The van der Waals surface area contributed by atoms with Gasteiger partial charge >= 0.3 is 0 Å². The molecule has 4 rings (SSSR count). The highest BCUT2D eigenvalue weighted by molar-refractivity contribution is 5.94. The van der Waals surface area contributed by atoms with E-state index in [-0.39, 0.29) is 24.2 Å². The largest absolute Gasteiger partial charge is 0.457 e. The number of nitrogens with zero attached hydrogens (tertiary/aromatic N) is 2. The maximum absolute atomic E-state index is 13.1. The highest BCUT2D eigenvalue weighted by Gasteiger charge is 2.18. The van der Waals surface area contributed by atoms with Crippen LogP contribution in [0.2, 0.25) is 0 Å². The van der Waals surface area contributed by atoms with Crippen molar-refractivity contribution in [3.63, 3.8) is 0 Å². The van der Waals surface area contributed by atoms with E-state index in [1.807, 2.05) is 86.6 Å². The Morgan fingerprint density at radius 2 is 1.66 bits per heavy atom. The number of rotatable bonds is 9. The second-order valence-corrected chi connectivity index (χ2v) is 9.06. The summed E-state index contributed by atoms with van der Waals surface area (Å²) in [7, 11) is 0. The summed E-state index contributed by atoms with van der Waals surface area (Å²) < 4.78 is 7.13. The van der Waals surface area contributed by atoms with Gasteiger partial charge in [-0.05, 0) is 49.7 Å². The van der Waals surface area contributed by atoms with Gasteiger partial charge in [0.15, 0.2) is 5.49 Å². The summed E-state index contributed by atoms with van der Waals surface area (Å²) in [5.41, 5.74) is 9.13. The van der Waals surface area contributed by atoms with Crippen LogP contribution in [0.5, 0.6) is 11.5 Å². The van der Waals surface area contributed by atoms with Gasteiger partial charge in [-0.25, -0.2) is 0 Å². The van der Waals surface area contributed by atoms with Crippen LogP contribution in [0.15, 0.2) is 96.0 Å². The molecule has 5 N–H and O–H groups in total. The molecule has 8 heteroatoms. The third-order valence-electron chi connectivity index (χ3n) is 5.80. The molecule has 0 atom stereocenters. The summed E-state index contributed by atoms with van der Waals surface area (Å²) in [4.78, 5) is 17.5. The molecule has 4 aromatic rings. The Hall–Kier alpha value is -4.85. The Kier molecular flexibility index (Phi) is 8.23. The van der Waals surface area contributed by atoms with Crippen LogP contribution in [0, 0.1) is 5.41 Å². The van der Waals surface area contributed by atoms with Crippen molar-refractivity contribution in [3.8, 4) is 22.6 Å². The van der Waals surface area contributed by atoms with Crippen LogP contribution in [0.1, 0.15) is 30.7 Å². The first kappa shape index (κ1) is 26.2. The number of nitrogens with one attached hydrogen (secondary N) is 2. The lowest BCUT2D eigenvalue weighted by atomic mass is 10.0. The molecule has 0 spiro atoms. The number of aromatic nitrogens is 1. The number of hydrogen-bond donors (Lipinski definition) is 4. The number of carbonyl (C=O) groups is 1. The van der Waals surface area contributed by atoms with Gasteiger partial charge < -0.3 is 21.0 Å². The van der Waals surface area contributed by atoms with E-state index in [1.54, 1.807) is 18.2 Å². The maximum atomic E-state index is 13.1. The van der Waals surface area contributed by atoms with E-state index in [0.29, 0.717) is 40.4 Å². The average Bonchev–Trinajstić information content (AvgIpc) is 2.91. The highest BCUT2D eigenvalue weighted by Crippen LogP contribution is 2.34. The fraction of sp³-hybridized carbons (Fsp3) is 0.167. The van der Waals surface area contributed by atoms with Crippen LogP contribution in [0.4, 0.5) is 0 Å². The number of ether oxygens (including phenoxy) is 1. The van der Waals surface area contributed by atoms with Gasteiger partial charge in [0.2, 0.25) is 5.91 Å². The number of pyridine rings is 1. The van der Waals surface area contributed by atoms with Gasteiger partial charge in [-0.2, -0.15) is 4.73 Å². The Morgan fingerprint density at radius 3 is 2.34 bits per heavy atom. The van der Waals surface area contributed by atoms with Crippen molar-refractivity contribution in [2.45, 2.75) is 32.9 Å². The number of carbonyl (C=O) groups excluding carboxylic acids is 1. The predicted molar refractivity (Wildman–Crippen MR) is 147 cm³/mol. The minimum absolute atomic E-state index is 0.0103. The molecule has 0 aliphatic carbocycles. The van der Waals surface area contributed by atoms with Gasteiger partial charge in [-0.15, -0.1) is 0 Å².